The zero-order chi connectivity index (χ0) is 18.7. The van der Waals surface area contributed by atoms with Crippen LogP contribution in [0, 0.1) is 0 Å². The first-order chi connectivity index (χ1) is 12.6. The molecule has 0 amide bonds. The maximum absolute atomic E-state index is 12.3. The molecule has 2 aromatic rings. The first-order valence-electron chi connectivity index (χ1n) is 8.97. The number of esters is 1. The molecule has 0 spiro atoms. The summed E-state index contributed by atoms with van der Waals surface area (Å²) < 4.78 is 16.1. The molecule has 0 saturated carbocycles. The number of carbonyl (C=O) groups is 1. The molecule has 1 aliphatic heterocycles. The molecule has 6 nitrogen and oxygen atoms in total. The summed E-state index contributed by atoms with van der Waals surface area (Å²) in [5.41, 5.74) is 2.34. The van der Waals surface area contributed by atoms with Gasteiger partial charge in [-0.25, -0.2) is 4.79 Å². The number of methoxy groups -OCH3 is 2. The van der Waals surface area contributed by atoms with E-state index < -0.39 is 0 Å². The summed E-state index contributed by atoms with van der Waals surface area (Å²) in [7, 11) is 3.23. The van der Waals surface area contributed by atoms with E-state index in [1.54, 1.807) is 14.2 Å². The molecule has 0 aliphatic carbocycles. The molecule has 0 fully saturated rings. The SMILES string of the molecule is CCN(CC)CCNc1c2c(cc3cc(OC)c(OC)cc13)COC2=O. The van der Waals surface area contributed by atoms with Gasteiger partial charge in [0, 0.05) is 24.0 Å². The monoisotopic (exact) mass is 358 g/mol. The van der Waals surface area contributed by atoms with Crippen LogP contribution in [-0.4, -0.2) is 51.3 Å². The average molecular weight is 358 g/mol. The summed E-state index contributed by atoms with van der Waals surface area (Å²) >= 11 is 0. The third-order valence-electron chi connectivity index (χ3n) is 4.91. The van der Waals surface area contributed by atoms with Gasteiger partial charge >= 0.3 is 5.97 Å². The first-order valence-corrected chi connectivity index (χ1v) is 8.97. The third kappa shape index (κ3) is 3.29. The Bertz CT molecular complexity index is 815. The van der Waals surface area contributed by atoms with Gasteiger partial charge in [-0.2, -0.15) is 0 Å². The van der Waals surface area contributed by atoms with Crippen LogP contribution in [-0.2, 0) is 11.3 Å². The highest BCUT2D eigenvalue weighted by atomic mass is 16.5. The van der Waals surface area contributed by atoms with E-state index in [1.807, 2.05) is 18.2 Å². The summed E-state index contributed by atoms with van der Waals surface area (Å²) in [6.07, 6.45) is 0. The minimum absolute atomic E-state index is 0.276. The lowest BCUT2D eigenvalue weighted by Gasteiger charge is -2.20. The van der Waals surface area contributed by atoms with Crippen LogP contribution in [0.1, 0.15) is 29.8 Å². The molecule has 26 heavy (non-hydrogen) atoms. The topological polar surface area (TPSA) is 60.0 Å². The van der Waals surface area contributed by atoms with Gasteiger partial charge in [-0.3, -0.25) is 0 Å². The van der Waals surface area contributed by atoms with E-state index in [0.717, 1.165) is 48.2 Å². The third-order valence-corrected chi connectivity index (χ3v) is 4.91. The molecule has 0 unspecified atom stereocenters. The van der Waals surface area contributed by atoms with Crippen LogP contribution < -0.4 is 14.8 Å². The number of nitrogens with zero attached hydrogens (tertiary/aromatic N) is 1. The summed E-state index contributed by atoms with van der Waals surface area (Å²) in [6, 6.07) is 5.85. The summed E-state index contributed by atoms with van der Waals surface area (Å²) in [6.45, 7) is 8.25. The molecule has 0 saturated heterocycles. The van der Waals surface area contributed by atoms with Crippen LogP contribution in [0.4, 0.5) is 5.69 Å². The van der Waals surface area contributed by atoms with Crippen molar-refractivity contribution in [3.63, 3.8) is 0 Å². The normalized spacial score (nSPS) is 13.0. The number of anilines is 1. The molecular formula is C20H26N2O4. The maximum Gasteiger partial charge on any atom is 0.341 e. The number of ether oxygens (including phenoxy) is 3. The molecular weight excluding hydrogens is 332 g/mol. The molecule has 3 rings (SSSR count). The zero-order valence-electron chi connectivity index (χ0n) is 15.8. The van der Waals surface area contributed by atoms with Crippen LogP contribution in [0.5, 0.6) is 11.5 Å². The van der Waals surface area contributed by atoms with Crippen molar-refractivity contribution >= 4 is 22.4 Å². The van der Waals surface area contributed by atoms with E-state index >= 15 is 0 Å². The van der Waals surface area contributed by atoms with Crippen molar-refractivity contribution in [2.75, 3.05) is 45.7 Å². The highest BCUT2D eigenvalue weighted by Crippen LogP contribution is 2.40. The minimum atomic E-state index is -0.276. The van der Waals surface area contributed by atoms with Crippen molar-refractivity contribution < 1.29 is 19.0 Å². The van der Waals surface area contributed by atoms with E-state index in [-0.39, 0.29) is 5.97 Å². The Balaban J connectivity index is 2.05. The van der Waals surface area contributed by atoms with Crippen LogP contribution in [0.15, 0.2) is 18.2 Å². The molecule has 0 aromatic heterocycles. The van der Waals surface area contributed by atoms with Crippen molar-refractivity contribution in [2.24, 2.45) is 0 Å². The first kappa shape index (κ1) is 18.3. The summed E-state index contributed by atoms with van der Waals surface area (Å²) in [4.78, 5) is 14.6. The smallest absolute Gasteiger partial charge is 0.341 e. The Hall–Kier alpha value is -2.47. The van der Waals surface area contributed by atoms with E-state index in [9.17, 15) is 4.79 Å². The van der Waals surface area contributed by atoms with Gasteiger partial charge < -0.3 is 24.4 Å². The van der Waals surface area contributed by atoms with Crippen LogP contribution >= 0.6 is 0 Å². The van der Waals surface area contributed by atoms with E-state index in [2.05, 4.69) is 24.1 Å². The lowest BCUT2D eigenvalue weighted by Crippen LogP contribution is -2.29. The van der Waals surface area contributed by atoms with Gasteiger partial charge in [0.2, 0.25) is 0 Å². The number of cyclic esters (lactones) is 1. The Labute approximate surface area is 154 Å². The summed E-state index contributed by atoms with van der Waals surface area (Å²) in [5.74, 6) is 1.03. The fourth-order valence-electron chi connectivity index (χ4n) is 3.41. The number of fused-ring (bicyclic) bond motifs is 2. The van der Waals surface area contributed by atoms with Crippen molar-refractivity contribution in [3.05, 3.63) is 29.3 Å². The number of benzene rings is 2. The maximum atomic E-state index is 12.3. The van der Waals surface area contributed by atoms with Crippen molar-refractivity contribution in [3.8, 4) is 11.5 Å². The number of carbonyl (C=O) groups excluding carboxylic acids is 1. The molecule has 0 bridgehead atoms. The molecule has 0 radical (unpaired) electrons. The molecule has 6 heteroatoms. The molecule has 0 atom stereocenters. The highest BCUT2D eigenvalue weighted by Gasteiger charge is 2.27. The van der Waals surface area contributed by atoms with Crippen LogP contribution in [0.25, 0.3) is 10.8 Å². The number of hydrogen-bond acceptors (Lipinski definition) is 6. The quantitative estimate of drug-likeness (QED) is 0.731. The van der Waals surface area contributed by atoms with Gasteiger partial charge in [-0.05, 0) is 36.7 Å². The Morgan fingerprint density at radius 1 is 1.12 bits per heavy atom. The Morgan fingerprint density at radius 3 is 2.46 bits per heavy atom. The molecule has 1 aliphatic rings. The number of likely N-dealkylation sites (N-methyl/N-ethyl adjacent to an activating group) is 1. The zero-order valence-corrected chi connectivity index (χ0v) is 15.8. The van der Waals surface area contributed by atoms with E-state index in [1.165, 1.54) is 0 Å². The van der Waals surface area contributed by atoms with Crippen LogP contribution in [0.2, 0.25) is 0 Å². The Kier molecular flexibility index (Phi) is 5.52. The second kappa shape index (κ2) is 7.83. The predicted octanol–water partition coefficient (Wildman–Crippen LogP) is 3.28. The highest BCUT2D eigenvalue weighted by molar-refractivity contribution is 6.09. The van der Waals surface area contributed by atoms with E-state index in [0.29, 0.717) is 23.7 Å². The van der Waals surface area contributed by atoms with Gasteiger partial charge in [-0.15, -0.1) is 0 Å². The molecule has 1 heterocycles. The van der Waals surface area contributed by atoms with Gasteiger partial charge in [0.05, 0.1) is 25.5 Å². The standard InChI is InChI=1S/C20H26N2O4/c1-5-22(6-2)8-7-21-19-15-11-17(25-4)16(24-3)10-13(15)9-14-12-26-20(23)18(14)19/h9-11,21H,5-8,12H2,1-4H3. The fraction of sp³-hybridized carbons (Fsp3) is 0.450. The molecule has 1 N–H and O–H groups in total. The minimum Gasteiger partial charge on any atom is -0.493 e. The van der Waals surface area contributed by atoms with E-state index in [4.69, 9.17) is 14.2 Å². The van der Waals surface area contributed by atoms with Gasteiger partial charge in [-0.1, -0.05) is 13.8 Å². The average Bonchev–Trinajstić information content (AvgIpc) is 3.04. The second-order valence-electron chi connectivity index (χ2n) is 6.24. The van der Waals surface area contributed by atoms with Gasteiger partial charge in [0.15, 0.2) is 11.5 Å². The lowest BCUT2D eigenvalue weighted by molar-refractivity contribution is 0.0536. The fourth-order valence-corrected chi connectivity index (χ4v) is 3.41. The summed E-state index contributed by atoms with van der Waals surface area (Å²) in [5, 5.41) is 5.39. The van der Waals surface area contributed by atoms with Crippen molar-refractivity contribution in [2.45, 2.75) is 20.5 Å². The number of hydrogen-bond donors (Lipinski definition) is 1. The number of rotatable bonds is 8. The van der Waals surface area contributed by atoms with Crippen molar-refractivity contribution in [1.29, 1.82) is 0 Å². The van der Waals surface area contributed by atoms with Crippen LogP contribution in [0.3, 0.4) is 0 Å². The Morgan fingerprint density at radius 2 is 1.81 bits per heavy atom. The lowest BCUT2D eigenvalue weighted by atomic mass is 9.98. The van der Waals surface area contributed by atoms with Gasteiger partial charge in [0.1, 0.15) is 6.61 Å². The second-order valence-corrected chi connectivity index (χ2v) is 6.24. The predicted molar refractivity (Wildman–Crippen MR) is 102 cm³/mol. The number of nitrogens with one attached hydrogen (secondary N) is 1. The largest absolute Gasteiger partial charge is 0.493 e. The molecule has 140 valence electrons. The van der Waals surface area contributed by atoms with Gasteiger partial charge in [0.25, 0.3) is 0 Å². The van der Waals surface area contributed by atoms with Crippen molar-refractivity contribution in [1.82, 2.24) is 4.90 Å². The molecule has 2 aromatic carbocycles.